The fourth-order valence-electron chi connectivity index (χ4n) is 3.38. The number of benzene rings is 2. The van der Waals surface area contributed by atoms with Crippen LogP contribution >= 0.6 is 0 Å². The summed E-state index contributed by atoms with van der Waals surface area (Å²) in [5.41, 5.74) is 1.85. The molecule has 0 radical (unpaired) electrons. The van der Waals surface area contributed by atoms with Crippen LogP contribution in [0.2, 0.25) is 0 Å². The van der Waals surface area contributed by atoms with Crippen LogP contribution in [0.4, 0.5) is 0 Å². The van der Waals surface area contributed by atoms with Gasteiger partial charge in [0.25, 0.3) is 0 Å². The Morgan fingerprint density at radius 2 is 1.64 bits per heavy atom. The SMILES string of the molecule is O=C1OCC(Cc2ccc(O)c(O)c2)C1Cc1ccc2c(c1)OCO2. The molecule has 2 heterocycles. The molecule has 2 unspecified atom stereocenters. The lowest BCUT2D eigenvalue weighted by Gasteiger charge is -2.16. The van der Waals surface area contributed by atoms with Crippen molar-refractivity contribution < 1.29 is 29.2 Å². The predicted octanol–water partition coefficient (Wildman–Crippen LogP) is 2.40. The Bertz CT molecular complexity index is 816. The van der Waals surface area contributed by atoms with E-state index in [1.807, 2.05) is 18.2 Å². The first kappa shape index (κ1) is 15.6. The Morgan fingerprint density at radius 3 is 2.48 bits per heavy atom. The van der Waals surface area contributed by atoms with Crippen LogP contribution in [0.1, 0.15) is 11.1 Å². The van der Waals surface area contributed by atoms with E-state index >= 15 is 0 Å². The second-order valence-electron chi connectivity index (χ2n) is 6.42. The zero-order valence-corrected chi connectivity index (χ0v) is 13.5. The van der Waals surface area contributed by atoms with Crippen LogP contribution in [0.15, 0.2) is 36.4 Å². The minimum Gasteiger partial charge on any atom is -0.504 e. The Hall–Kier alpha value is -2.89. The number of fused-ring (bicyclic) bond motifs is 1. The Morgan fingerprint density at radius 1 is 0.880 bits per heavy atom. The summed E-state index contributed by atoms with van der Waals surface area (Å²) in [5, 5.41) is 19.1. The number of rotatable bonds is 4. The quantitative estimate of drug-likeness (QED) is 0.656. The average Bonchev–Trinajstić information content (AvgIpc) is 3.19. The maximum absolute atomic E-state index is 12.2. The zero-order valence-electron chi connectivity index (χ0n) is 13.5. The standard InChI is InChI=1S/C19H18O6/c20-15-3-1-11(7-16(15)21)5-13-9-23-19(22)14(13)6-12-2-4-17-18(8-12)25-10-24-17/h1-4,7-8,13-14,20-21H,5-6,9-10H2. The molecular formula is C19H18O6. The molecule has 0 amide bonds. The summed E-state index contributed by atoms with van der Waals surface area (Å²) >= 11 is 0. The van der Waals surface area contributed by atoms with Gasteiger partial charge in [-0.3, -0.25) is 4.79 Å². The molecule has 130 valence electrons. The van der Waals surface area contributed by atoms with Crippen LogP contribution in [0, 0.1) is 11.8 Å². The van der Waals surface area contributed by atoms with E-state index in [0.717, 1.165) is 11.1 Å². The molecule has 4 rings (SSSR count). The molecule has 25 heavy (non-hydrogen) atoms. The summed E-state index contributed by atoms with van der Waals surface area (Å²) < 4.78 is 16.0. The molecule has 2 aromatic carbocycles. The van der Waals surface area contributed by atoms with Gasteiger partial charge in [0.15, 0.2) is 23.0 Å². The minimum absolute atomic E-state index is 0.0156. The van der Waals surface area contributed by atoms with Crippen molar-refractivity contribution in [3.8, 4) is 23.0 Å². The molecule has 0 saturated carbocycles. The number of hydrogen-bond acceptors (Lipinski definition) is 6. The van der Waals surface area contributed by atoms with Crippen molar-refractivity contribution in [2.45, 2.75) is 12.8 Å². The van der Waals surface area contributed by atoms with Gasteiger partial charge in [-0.2, -0.15) is 0 Å². The topological polar surface area (TPSA) is 85.2 Å². The summed E-state index contributed by atoms with van der Waals surface area (Å²) in [6, 6.07) is 10.4. The van der Waals surface area contributed by atoms with Crippen molar-refractivity contribution in [2.24, 2.45) is 11.8 Å². The molecule has 0 spiro atoms. The summed E-state index contributed by atoms with van der Waals surface area (Å²) in [6.07, 6.45) is 1.15. The normalized spacial score (nSPS) is 21.4. The molecule has 2 N–H and O–H groups in total. The van der Waals surface area contributed by atoms with Crippen LogP contribution in [0.25, 0.3) is 0 Å². The van der Waals surface area contributed by atoms with Gasteiger partial charge in [0, 0.05) is 5.92 Å². The van der Waals surface area contributed by atoms with Gasteiger partial charge >= 0.3 is 5.97 Å². The van der Waals surface area contributed by atoms with E-state index in [1.165, 1.54) is 12.1 Å². The highest BCUT2D eigenvalue weighted by molar-refractivity contribution is 5.75. The fraction of sp³-hybridized carbons (Fsp3) is 0.316. The van der Waals surface area contributed by atoms with Crippen LogP contribution in [0.3, 0.4) is 0 Å². The summed E-state index contributed by atoms with van der Waals surface area (Å²) in [5.74, 6) is 0.663. The second-order valence-corrected chi connectivity index (χ2v) is 6.42. The number of aromatic hydroxyl groups is 2. The van der Waals surface area contributed by atoms with E-state index in [2.05, 4.69) is 0 Å². The van der Waals surface area contributed by atoms with E-state index in [4.69, 9.17) is 14.2 Å². The number of carbonyl (C=O) groups excluding carboxylic acids is 1. The third kappa shape index (κ3) is 3.07. The highest BCUT2D eigenvalue weighted by atomic mass is 16.7. The fourth-order valence-corrected chi connectivity index (χ4v) is 3.38. The third-order valence-corrected chi connectivity index (χ3v) is 4.74. The lowest BCUT2D eigenvalue weighted by Crippen LogP contribution is -2.20. The molecule has 1 saturated heterocycles. The van der Waals surface area contributed by atoms with Crippen molar-refractivity contribution >= 4 is 5.97 Å². The van der Waals surface area contributed by atoms with Crippen LogP contribution < -0.4 is 9.47 Å². The second kappa shape index (κ2) is 6.20. The molecule has 0 bridgehead atoms. The lowest BCUT2D eigenvalue weighted by molar-refractivity contribution is -0.141. The highest BCUT2D eigenvalue weighted by Crippen LogP contribution is 2.36. The number of cyclic esters (lactones) is 1. The maximum Gasteiger partial charge on any atom is 0.309 e. The first-order valence-corrected chi connectivity index (χ1v) is 8.16. The van der Waals surface area contributed by atoms with Gasteiger partial charge in [-0.1, -0.05) is 12.1 Å². The van der Waals surface area contributed by atoms with E-state index in [1.54, 1.807) is 6.07 Å². The maximum atomic E-state index is 12.2. The third-order valence-electron chi connectivity index (χ3n) is 4.74. The number of phenolic OH excluding ortho intramolecular Hbond substituents is 2. The largest absolute Gasteiger partial charge is 0.504 e. The molecule has 2 aliphatic heterocycles. The van der Waals surface area contributed by atoms with Gasteiger partial charge in [-0.05, 0) is 48.2 Å². The highest BCUT2D eigenvalue weighted by Gasteiger charge is 2.37. The van der Waals surface area contributed by atoms with Gasteiger partial charge in [-0.15, -0.1) is 0 Å². The number of hydrogen-bond donors (Lipinski definition) is 2. The minimum atomic E-state index is -0.253. The average molecular weight is 342 g/mol. The summed E-state index contributed by atoms with van der Waals surface area (Å²) in [7, 11) is 0. The number of esters is 1. The number of carbonyl (C=O) groups is 1. The molecule has 6 heteroatoms. The Kier molecular flexibility index (Phi) is 3.87. The number of ether oxygens (including phenoxy) is 3. The van der Waals surface area contributed by atoms with Crippen LogP contribution in [0.5, 0.6) is 23.0 Å². The van der Waals surface area contributed by atoms with Crippen molar-refractivity contribution in [3.63, 3.8) is 0 Å². The van der Waals surface area contributed by atoms with E-state index in [-0.39, 0.29) is 36.1 Å². The zero-order chi connectivity index (χ0) is 17.4. The first-order chi connectivity index (χ1) is 12.1. The van der Waals surface area contributed by atoms with Gasteiger partial charge in [0.05, 0.1) is 12.5 Å². The van der Waals surface area contributed by atoms with Crippen molar-refractivity contribution in [3.05, 3.63) is 47.5 Å². The molecule has 6 nitrogen and oxygen atoms in total. The smallest absolute Gasteiger partial charge is 0.309 e. The molecule has 2 aliphatic rings. The predicted molar refractivity (Wildman–Crippen MR) is 87.7 cm³/mol. The van der Waals surface area contributed by atoms with Gasteiger partial charge in [-0.25, -0.2) is 0 Å². The van der Waals surface area contributed by atoms with Crippen LogP contribution in [-0.2, 0) is 22.4 Å². The lowest BCUT2D eigenvalue weighted by atomic mass is 9.85. The van der Waals surface area contributed by atoms with E-state index in [9.17, 15) is 15.0 Å². The molecule has 2 atom stereocenters. The Labute approximate surface area is 144 Å². The molecule has 1 fully saturated rings. The van der Waals surface area contributed by atoms with Crippen molar-refractivity contribution in [2.75, 3.05) is 13.4 Å². The van der Waals surface area contributed by atoms with E-state index < -0.39 is 0 Å². The van der Waals surface area contributed by atoms with Gasteiger partial charge in [0.2, 0.25) is 6.79 Å². The monoisotopic (exact) mass is 342 g/mol. The van der Waals surface area contributed by atoms with Crippen LogP contribution in [-0.4, -0.2) is 29.6 Å². The van der Waals surface area contributed by atoms with Gasteiger partial charge in [0.1, 0.15) is 0 Å². The molecular weight excluding hydrogens is 324 g/mol. The van der Waals surface area contributed by atoms with Crippen molar-refractivity contribution in [1.29, 1.82) is 0 Å². The summed E-state index contributed by atoms with van der Waals surface area (Å²) in [6.45, 7) is 0.576. The Balaban J connectivity index is 1.50. The van der Waals surface area contributed by atoms with Gasteiger partial charge < -0.3 is 24.4 Å². The van der Waals surface area contributed by atoms with Crippen molar-refractivity contribution in [1.82, 2.24) is 0 Å². The summed E-state index contributed by atoms with van der Waals surface area (Å²) in [4.78, 5) is 12.2. The molecule has 0 aromatic heterocycles. The molecule has 2 aromatic rings. The molecule has 0 aliphatic carbocycles. The van der Waals surface area contributed by atoms with E-state index in [0.29, 0.717) is 30.9 Å². The number of phenols is 2. The first-order valence-electron chi connectivity index (χ1n) is 8.16.